The van der Waals surface area contributed by atoms with Crippen LogP contribution in [0.15, 0.2) is 35.3 Å². The van der Waals surface area contributed by atoms with E-state index in [-0.39, 0.29) is 24.0 Å². The van der Waals surface area contributed by atoms with Gasteiger partial charge >= 0.3 is 0 Å². The number of aliphatic imine (C=N–C) groups is 1. The number of anilines is 1. The SMILES string of the molecule is CN=C(NCCCCSC)NC1CCCN(c2ccccc2)C1.I. The first kappa shape index (κ1) is 21.4. The van der Waals surface area contributed by atoms with E-state index in [1.54, 1.807) is 0 Å². The van der Waals surface area contributed by atoms with Gasteiger partial charge in [0, 0.05) is 38.4 Å². The van der Waals surface area contributed by atoms with Crippen LogP contribution in [0.4, 0.5) is 5.69 Å². The van der Waals surface area contributed by atoms with Crippen molar-refractivity contribution in [2.45, 2.75) is 31.7 Å². The Morgan fingerprint density at radius 3 is 2.79 bits per heavy atom. The summed E-state index contributed by atoms with van der Waals surface area (Å²) in [7, 11) is 1.86. The topological polar surface area (TPSA) is 39.7 Å². The highest BCUT2D eigenvalue weighted by atomic mass is 127. The van der Waals surface area contributed by atoms with Gasteiger partial charge in [-0.3, -0.25) is 4.99 Å². The Morgan fingerprint density at radius 2 is 2.08 bits per heavy atom. The lowest BCUT2D eigenvalue weighted by molar-refractivity contribution is 0.468. The highest BCUT2D eigenvalue weighted by Crippen LogP contribution is 2.19. The van der Waals surface area contributed by atoms with Crippen LogP contribution in [0, 0.1) is 0 Å². The summed E-state index contributed by atoms with van der Waals surface area (Å²) in [4.78, 5) is 6.83. The molecule has 0 radical (unpaired) electrons. The molecule has 0 amide bonds. The molecule has 0 aromatic heterocycles. The van der Waals surface area contributed by atoms with Gasteiger partial charge in [0.1, 0.15) is 0 Å². The normalized spacial score (nSPS) is 18.0. The zero-order valence-electron chi connectivity index (χ0n) is 14.8. The van der Waals surface area contributed by atoms with Crippen molar-refractivity contribution in [1.29, 1.82) is 0 Å². The van der Waals surface area contributed by atoms with Crippen molar-refractivity contribution in [3.63, 3.8) is 0 Å². The summed E-state index contributed by atoms with van der Waals surface area (Å²) in [6.07, 6.45) is 7.04. The van der Waals surface area contributed by atoms with E-state index in [1.807, 2.05) is 18.8 Å². The second-order valence-electron chi connectivity index (χ2n) is 5.96. The van der Waals surface area contributed by atoms with Crippen molar-refractivity contribution in [3.8, 4) is 0 Å². The summed E-state index contributed by atoms with van der Waals surface area (Å²) >= 11 is 1.91. The molecule has 1 aliphatic rings. The van der Waals surface area contributed by atoms with Gasteiger partial charge in [-0.25, -0.2) is 0 Å². The number of piperidine rings is 1. The van der Waals surface area contributed by atoms with Gasteiger partial charge in [-0.2, -0.15) is 11.8 Å². The maximum atomic E-state index is 4.37. The number of thioether (sulfide) groups is 1. The van der Waals surface area contributed by atoms with Crippen LogP contribution in [-0.4, -0.2) is 50.7 Å². The van der Waals surface area contributed by atoms with Gasteiger partial charge < -0.3 is 15.5 Å². The minimum atomic E-state index is 0. The number of rotatable bonds is 7. The first-order valence-electron chi connectivity index (χ1n) is 8.59. The number of benzene rings is 1. The first-order valence-corrected chi connectivity index (χ1v) is 9.99. The molecule has 1 heterocycles. The fourth-order valence-corrected chi connectivity index (χ4v) is 3.43. The molecule has 1 aromatic rings. The lowest BCUT2D eigenvalue weighted by Gasteiger charge is -2.35. The van der Waals surface area contributed by atoms with Crippen molar-refractivity contribution in [2.24, 2.45) is 4.99 Å². The van der Waals surface area contributed by atoms with Crippen LogP contribution in [0.3, 0.4) is 0 Å². The number of nitrogens with one attached hydrogen (secondary N) is 2. The Kier molecular flexibility index (Phi) is 11.3. The predicted molar refractivity (Wildman–Crippen MR) is 119 cm³/mol. The molecule has 2 N–H and O–H groups in total. The molecule has 0 spiro atoms. The summed E-state index contributed by atoms with van der Waals surface area (Å²) in [5.41, 5.74) is 1.32. The quantitative estimate of drug-likeness (QED) is 0.281. The van der Waals surface area contributed by atoms with Gasteiger partial charge in [0.15, 0.2) is 5.96 Å². The molecule has 0 aliphatic carbocycles. The predicted octanol–water partition coefficient (Wildman–Crippen LogP) is 3.58. The fraction of sp³-hybridized carbons (Fsp3) is 0.611. The lowest BCUT2D eigenvalue weighted by atomic mass is 10.1. The number of guanidine groups is 1. The molecular formula is C18H31IN4S. The minimum Gasteiger partial charge on any atom is -0.369 e. The van der Waals surface area contributed by atoms with Crippen LogP contribution >= 0.6 is 35.7 Å². The zero-order valence-corrected chi connectivity index (χ0v) is 18.0. The van der Waals surface area contributed by atoms with E-state index < -0.39 is 0 Å². The Balaban J connectivity index is 0.00000288. The van der Waals surface area contributed by atoms with Gasteiger partial charge in [-0.1, -0.05) is 18.2 Å². The molecule has 4 nitrogen and oxygen atoms in total. The molecule has 1 atom stereocenters. The Morgan fingerprint density at radius 1 is 1.29 bits per heavy atom. The molecule has 1 aliphatic heterocycles. The third-order valence-corrected chi connectivity index (χ3v) is 4.87. The van der Waals surface area contributed by atoms with Crippen LogP contribution in [0.2, 0.25) is 0 Å². The van der Waals surface area contributed by atoms with Gasteiger partial charge in [0.05, 0.1) is 0 Å². The zero-order chi connectivity index (χ0) is 16.3. The lowest BCUT2D eigenvalue weighted by Crippen LogP contribution is -2.51. The van der Waals surface area contributed by atoms with Crippen LogP contribution < -0.4 is 15.5 Å². The molecule has 24 heavy (non-hydrogen) atoms. The first-order chi connectivity index (χ1) is 11.3. The molecule has 0 saturated carbocycles. The minimum absolute atomic E-state index is 0. The number of para-hydroxylation sites is 1. The molecule has 2 rings (SSSR count). The number of unbranched alkanes of at least 4 members (excludes halogenated alkanes) is 1. The smallest absolute Gasteiger partial charge is 0.191 e. The van der Waals surface area contributed by atoms with E-state index in [2.05, 4.69) is 57.1 Å². The van der Waals surface area contributed by atoms with Gasteiger partial charge in [0.25, 0.3) is 0 Å². The molecule has 136 valence electrons. The molecule has 1 fully saturated rings. The summed E-state index contributed by atoms with van der Waals surface area (Å²) in [5, 5.41) is 7.03. The molecule has 1 saturated heterocycles. The van der Waals surface area contributed by atoms with E-state index in [1.165, 1.54) is 37.1 Å². The molecule has 1 aromatic carbocycles. The maximum absolute atomic E-state index is 4.37. The fourth-order valence-electron chi connectivity index (χ4n) is 2.93. The highest BCUT2D eigenvalue weighted by Gasteiger charge is 2.20. The molecule has 6 heteroatoms. The van der Waals surface area contributed by atoms with Gasteiger partial charge in [0.2, 0.25) is 0 Å². The summed E-state index contributed by atoms with van der Waals surface area (Å²) < 4.78 is 0. The number of hydrogen-bond donors (Lipinski definition) is 2. The monoisotopic (exact) mass is 462 g/mol. The maximum Gasteiger partial charge on any atom is 0.191 e. The van der Waals surface area contributed by atoms with E-state index >= 15 is 0 Å². The number of halogens is 1. The van der Waals surface area contributed by atoms with Crippen molar-refractivity contribution in [3.05, 3.63) is 30.3 Å². The third-order valence-electron chi connectivity index (χ3n) is 4.17. The average molecular weight is 462 g/mol. The summed E-state index contributed by atoms with van der Waals surface area (Å²) in [6, 6.07) is 11.2. The largest absolute Gasteiger partial charge is 0.369 e. The second-order valence-corrected chi connectivity index (χ2v) is 6.95. The summed E-state index contributed by atoms with van der Waals surface area (Å²) in [5.74, 6) is 2.18. The standard InChI is InChI=1S/C18H30N4S.HI/c1-19-18(20-12-6-7-14-23-2)21-16-9-8-13-22(15-16)17-10-4-3-5-11-17;/h3-5,10-11,16H,6-9,12-15H2,1-2H3,(H2,19,20,21);1H. The van der Waals surface area contributed by atoms with Crippen molar-refractivity contribution >= 4 is 47.4 Å². The average Bonchev–Trinajstić information content (AvgIpc) is 2.61. The Bertz CT molecular complexity index is 469. The number of nitrogens with zero attached hydrogens (tertiary/aromatic N) is 2. The highest BCUT2D eigenvalue weighted by molar-refractivity contribution is 14.0. The van der Waals surface area contributed by atoms with E-state index in [4.69, 9.17) is 0 Å². The number of hydrogen-bond acceptors (Lipinski definition) is 3. The molecule has 1 unspecified atom stereocenters. The Labute approximate surface area is 168 Å². The molecule has 0 bridgehead atoms. The Hall–Kier alpha value is -0.630. The van der Waals surface area contributed by atoms with Crippen LogP contribution in [0.1, 0.15) is 25.7 Å². The van der Waals surface area contributed by atoms with Crippen LogP contribution in [-0.2, 0) is 0 Å². The van der Waals surface area contributed by atoms with Crippen LogP contribution in [0.5, 0.6) is 0 Å². The van der Waals surface area contributed by atoms with Gasteiger partial charge in [-0.05, 0) is 49.8 Å². The van der Waals surface area contributed by atoms with Crippen molar-refractivity contribution in [2.75, 3.05) is 43.6 Å². The van der Waals surface area contributed by atoms with Gasteiger partial charge in [-0.15, -0.1) is 24.0 Å². The van der Waals surface area contributed by atoms with E-state index in [9.17, 15) is 0 Å². The van der Waals surface area contributed by atoms with E-state index in [0.717, 1.165) is 25.6 Å². The van der Waals surface area contributed by atoms with E-state index in [0.29, 0.717) is 6.04 Å². The molecular weight excluding hydrogens is 431 g/mol. The third kappa shape index (κ3) is 7.51. The summed E-state index contributed by atoms with van der Waals surface area (Å²) in [6.45, 7) is 3.18. The van der Waals surface area contributed by atoms with Crippen LogP contribution in [0.25, 0.3) is 0 Å². The van der Waals surface area contributed by atoms with Crippen molar-refractivity contribution < 1.29 is 0 Å². The van der Waals surface area contributed by atoms with Crippen molar-refractivity contribution in [1.82, 2.24) is 10.6 Å². The second kappa shape index (κ2) is 12.7.